The highest BCUT2D eigenvalue weighted by molar-refractivity contribution is 5.88. The summed E-state index contributed by atoms with van der Waals surface area (Å²) in [6.07, 6.45) is 3.05. The summed E-state index contributed by atoms with van der Waals surface area (Å²) < 4.78 is 0. The molecule has 3 rings (SSSR count). The van der Waals surface area contributed by atoms with Crippen molar-refractivity contribution in [3.8, 4) is 0 Å². The highest BCUT2D eigenvalue weighted by Gasteiger charge is 2.43. The second-order valence-electron chi connectivity index (χ2n) is 7.33. The van der Waals surface area contributed by atoms with Crippen LogP contribution in [0.5, 0.6) is 0 Å². The van der Waals surface area contributed by atoms with E-state index in [1.165, 1.54) is 0 Å². The van der Waals surface area contributed by atoms with Gasteiger partial charge < -0.3 is 10.6 Å². The van der Waals surface area contributed by atoms with Crippen LogP contribution in [0.25, 0.3) is 0 Å². The molecule has 2 heterocycles. The van der Waals surface area contributed by atoms with Gasteiger partial charge in [-0.1, -0.05) is 38.1 Å². The number of piperidine rings is 1. The number of aromatic nitrogens is 2. The van der Waals surface area contributed by atoms with E-state index in [1.807, 2.05) is 23.1 Å². The molecule has 26 heavy (non-hydrogen) atoms. The molecule has 0 spiro atoms. The van der Waals surface area contributed by atoms with E-state index in [0.717, 1.165) is 16.8 Å². The minimum Gasteiger partial charge on any atom is -0.369 e. The summed E-state index contributed by atoms with van der Waals surface area (Å²) in [6, 6.07) is 9.84. The maximum atomic E-state index is 12.5. The number of hydrogen-bond donors (Lipinski definition) is 2. The van der Waals surface area contributed by atoms with Crippen molar-refractivity contribution >= 4 is 11.8 Å². The molecule has 138 valence electrons. The van der Waals surface area contributed by atoms with Gasteiger partial charge in [0.2, 0.25) is 11.8 Å². The van der Waals surface area contributed by atoms with Gasteiger partial charge in [-0.15, -0.1) is 0 Å². The van der Waals surface area contributed by atoms with Crippen LogP contribution in [0.15, 0.2) is 36.5 Å². The van der Waals surface area contributed by atoms with Crippen molar-refractivity contribution in [2.75, 3.05) is 13.1 Å². The number of nitrogens with two attached hydrogens (primary N) is 1. The third kappa shape index (κ3) is 3.36. The standard InChI is InChI=1S/C20H26N4O2/c1-14(2)16-5-3-4-6-17(16)20(19(21)26)8-11-24(12-9-20)18(25)13-15-7-10-22-23-15/h3-7,10,14H,8-9,11-13H2,1-2H3,(H2,21,26)(H,22,23). The number of rotatable bonds is 5. The second-order valence-corrected chi connectivity index (χ2v) is 7.33. The molecule has 0 aliphatic carbocycles. The number of H-pyrrole nitrogens is 1. The van der Waals surface area contributed by atoms with Crippen LogP contribution in [0.4, 0.5) is 0 Å². The topological polar surface area (TPSA) is 92.1 Å². The first kappa shape index (κ1) is 18.2. The Morgan fingerprint density at radius 1 is 1.23 bits per heavy atom. The molecule has 3 N–H and O–H groups in total. The van der Waals surface area contributed by atoms with E-state index in [9.17, 15) is 9.59 Å². The smallest absolute Gasteiger partial charge is 0.228 e. The summed E-state index contributed by atoms with van der Waals surface area (Å²) in [4.78, 5) is 26.8. The van der Waals surface area contributed by atoms with Crippen LogP contribution in [-0.4, -0.2) is 40.0 Å². The predicted molar refractivity (Wildman–Crippen MR) is 99.5 cm³/mol. The monoisotopic (exact) mass is 354 g/mol. The van der Waals surface area contributed by atoms with Crippen molar-refractivity contribution in [1.82, 2.24) is 15.1 Å². The van der Waals surface area contributed by atoms with Crippen LogP contribution in [0.3, 0.4) is 0 Å². The first-order valence-corrected chi connectivity index (χ1v) is 9.09. The Labute approximate surface area is 153 Å². The maximum absolute atomic E-state index is 12.5. The number of likely N-dealkylation sites (tertiary alicyclic amines) is 1. The third-order valence-electron chi connectivity index (χ3n) is 5.44. The zero-order chi connectivity index (χ0) is 18.7. The van der Waals surface area contributed by atoms with Gasteiger partial charge in [-0.25, -0.2) is 0 Å². The van der Waals surface area contributed by atoms with Gasteiger partial charge in [-0.2, -0.15) is 5.10 Å². The summed E-state index contributed by atoms with van der Waals surface area (Å²) in [5.41, 5.74) is 8.15. The van der Waals surface area contributed by atoms with Gasteiger partial charge in [-0.05, 0) is 36.0 Å². The fourth-order valence-electron chi connectivity index (χ4n) is 3.88. The molecule has 0 saturated carbocycles. The highest BCUT2D eigenvalue weighted by atomic mass is 16.2. The van der Waals surface area contributed by atoms with Gasteiger partial charge in [0, 0.05) is 25.0 Å². The Kier molecular flexibility index (Phi) is 5.11. The van der Waals surface area contributed by atoms with Crippen molar-refractivity contribution in [2.45, 2.75) is 44.4 Å². The van der Waals surface area contributed by atoms with E-state index < -0.39 is 5.41 Å². The summed E-state index contributed by atoms with van der Waals surface area (Å²) in [5.74, 6) is 0.0539. The molecule has 0 atom stereocenters. The minimum absolute atomic E-state index is 0.0458. The van der Waals surface area contributed by atoms with Crippen molar-refractivity contribution in [1.29, 1.82) is 0 Å². The highest BCUT2D eigenvalue weighted by Crippen LogP contribution is 2.39. The lowest BCUT2D eigenvalue weighted by Gasteiger charge is -2.41. The van der Waals surface area contributed by atoms with E-state index in [4.69, 9.17) is 5.73 Å². The first-order valence-electron chi connectivity index (χ1n) is 9.09. The number of amides is 2. The van der Waals surface area contributed by atoms with E-state index in [-0.39, 0.29) is 11.8 Å². The fourth-order valence-corrected chi connectivity index (χ4v) is 3.88. The largest absolute Gasteiger partial charge is 0.369 e. The Balaban J connectivity index is 1.80. The van der Waals surface area contributed by atoms with Gasteiger partial charge >= 0.3 is 0 Å². The van der Waals surface area contributed by atoms with Crippen LogP contribution >= 0.6 is 0 Å². The van der Waals surface area contributed by atoms with Crippen LogP contribution in [0.2, 0.25) is 0 Å². The molecular weight excluding hydrogens is 328 g/mol. The quantitative estimate of drug-likeness (QED) is 0.861. The molecule has 1 saturated heterocycles. The van der Waals surface area contributed by atoms with Crippen LogP contribution < -0.4 is 5.73 Å². The number of hydrogen-bond acceptors (Lipinski definition) is 3. The summed E-state index contributed by atoms with van der Waals surface area (Å²) in [5, 5.41) is 6.69. The molecular formula is C20H26N4O2. The molecule has 1 aromatic heterocycles. The van der Waals surface area contributed by atoms with Gasteiger partial charge in [0.15, 0.2) is 0 Å². The number of primary amides is 1. The zero-order valence-electron chi connectivity index (χ0n) is 15.4. The van der Waals surface area contributed by atoms with Crippen LogP contribution in [-0.2, 0) is 21.4 Å². The van der Waals surface area contributed by atoms with Crippen molar-refractivity contribution in [3.05, 3.63) is 53.3 Å². The lowest BCUT2D eigenvalue weighted by atomic mass is 9.69. The predicted octanol–water partition coefficient (Wildman–Crippen LogP) is 2.12. The molecule has 1 aliphatic rings. The van der Waals surface area contributed by atoms with Crippen LogP contribution in [0, 0.1) is 0 Å². The third-order valence-corrected chi connectivity index (χ3v) is 5.44. The van der Waals surface area contributed by atoms with E-state index in [1.54, 1.807) is 12.3 Å². The van der Waals surface area contributed by atoms with E-state index >= 15 is 0 Å². The SMILES string of the molecule is CC(C)c1ccccc1C1(C(N)=O)CCN(C(=O)Cc2ccn[nH]2)CC1. The average molecular weight is 354 g/mol. The molecule has 1 fully saturated rings. The molecule has 0 radical (unpaired) electrons. The maximum Gasteiger partial charge on any atom is 0.228 e. The summed E-state index contributed by atoms with van der Waals surface area (Å²) in [7, 11) is 0. The summed E-state index contributed by atoms with van der Waals surface area (Å²) >= 11 is 0. The number of carbonyl (C=O) groups excluding carboxylic acids is 2. The molecule has 0 bridgehead atoms. The molecule has 6 nitrogen and oxygen atoms in total. The van der Waals surface area contributed by atoms with Crippen LogP contribution in [0.1, 0.15) is 49.4 Å². The summed E-state index contributed by atoms with van der Waals surface area (Å²) in [6.45, 7) is 5.30. The lowest BCUT2D eigenvalue weighted by molar-refractivity contribution is -0.135. The minimum atomic E-state index is -0.703. The normalized spacial score (nSPS) is 16.7. The Hall–Kier alpha value is -2.63. The van der Waals surface area contributed by atoms with E-state index in [2.05, 4.69) is 30.1 Å². The van der Waals surface area contributed by atoms with Crippen molar-refractivity contribution in [3.63, 3.8) is 0 Å². The number of nitrogens with zero attached hydrogens (tertiary/aromatic N) is 2. The molecule has 1 aromatic carbocycles. The Morgan fingerprint density at radius 2 is 1.92 bits per heavy atom. The number of carbonyl (C=O) groups is 2. The second kappa shape index (κ2) is 7.32. The molecule has 2 aromatic rings. The Morgan fingerprint density at radius 3 is 2.50 bits per heavy atom. The molecule has 2 amide bonds. The van der Waals surface area contributed by atoms with Crippen molar-refractivity contribution in [2.24, 2.45) is 5.73 Å². The van der Waals surface area contributed by atoms with Crippen molar-refractivity contribution < 1.29 is 9.59 Å². The van der Waals surface area contributed by atoms with Gasteiger partial charge in [0.05, 0.1) is 11.8 Å². The molecule has 6 heteroatoms. The molecule has 1 aliphatic heterocycles. The number of benzene rings is 1. The van der Waals surface area contributed by atoms with Gasteiger partial charge in [-0.3, -0.25) is 14.7 Å². The number of nitrogens with one attached hydrogen (secondary N) is 1. The molecule has 0 unspecified atom stereocenters. The van der Waals surface area contributed by atoms with Gasteiger partial charge in [0.25, 0.3) is 0 Å². The Bertz CT molecular complexity index is 775. The average Bonchev–Trinajstić information content (AvgIpc) is 3.14. The number of aromatic amines is 1. The fraction of sp³-hybridized carbons (Fsp3) is 0.450. The van der Waals surface area contributed by atoms with Gasteiger partial charge in [0.1, 0.15) is 0 Å². The zero-order valence-corrected chi connectivity index (χ0v) is 15.4. The first-order chi connectivity index (χ1) is 12.4. The lowest BCUT2D eigenvalue weighted by Crippen LogP contribution is -2.52. The van der Waals surface area contributed by atoms with E-state index in [0.29, 0.717) is 38.3 Å².